The van der Waals surface area contributed by atoms with Crippen LogP contribution in [-0.2, 0) is 23.4 Å². The van der Waals surface area contributed by atoms with E-state index in [4.69, 9.17) is 4.89 Å². The van der Waals surface area contributed by atoms with E-state index in [2.05, 4.69) is 30.0 Å². The van der Waals surface area contributed by atoms with Crippen molar-refractivity contribution in [1.29, 1.82) is 0 Å². The number of carbonyl (C=O) groups excluding carboxylic acids is 1. The van der Waals surface area contributed by atoms with E-state index in [0.29, 0.717) is 6.07 Å². The van der Waals surface area contributed by atoms with Crippen molar-refractivity contribution in [1.82, 2.24) is 5.32 Å². The standard InChI is InChI=1S/C14H20BrN4O12PS.Na/c1-33(28,29)31-7-5-17(4-2-15)13-11(14(20)16-3-6-30-32(25,26)27)8-10(18(21)22)9-12(13)19(23)24;/h8-9H,2-7H2,1H3,(H,16,20)(H2,25,26,27);/q;+1/p-1. The van der Waals surface area contributed by atoms with Gasteiger partial charge in [-0.2, -0.15) is 8.42 Å². The molecule has 0 radical (unpaired) electrons. The maximum Gasteiger partial charge on any atom is 1.00 e. The molecule has 0 aliphatic heterocycles. The molecule has 0 saturated heterocycles. The zero-order valence-electron chi connectivity index (χ0n) is 17.9. The number of alkyl halides is 1. The second-order valence-corrected chi connectivity index (χ2v) is 9.77. The molecule has 1 amide bonds. The van der Waals surface area contributed by atoms with Crippen molar-refractivity contribution < 1.29 is 75.7 Å². The van der Waals surface area contributed by atoms with Gasteiger partial charge in [-0.05, 0) is 0 Å². The maximum absolute atomic E-state index is 12.7. The summed E-state index contributed by atoms with van der Waals surface area (Å²) in [4.78, 5) is 54.1. The normalized spacial score (nSPS) is 12.8. The van der Waals surface area contributed by atoms with Crippen molar-refractivity contribution in [3.63, 3.8) is 0 Å². The number of benzene rings is 1. The fraction of sp³-hybridized carbons (Fsp3) is 0.500. The molecule has 0 aliphatic carbocycles. The van der Waals surface area contributed by atoms with Crippen LogP contribution in [0, 0.1) is 20.2 Å². The van der Waals surface area contributed by atoms with Gasteiger partial charge in [-0.25, -0.2) is 0 Å². The van der Waals surface area contributed by atoms with Crippen LogP contribution in [-0.4, -0.2) is 73.5 Å². The number of hydrogen-bond donors (Lipinski definition) is 2. The van der Waals surface area contributed by atoms with Crippen LogP contribution in [0.4, 0.5) is 17.1 Å². The molecule has 16 nitrogen and oxygen atoms in total. The summed E-state index contributed by atoms with van der Waals surface area (Å²) >= 11 is 3.13. The van der Waals surface area contributed by atoms with E-state index in [1.54, 1.807) is 0 Å². The summed E-state index contributed by atoms with van der Waals surface area (Å²) < 4.78 is 41.8. The van der Waals surface area contributed by atoms with Crippen LogP contribution in [0.15, 0.2) is 12.1 Å². The Hall–Kier alpha value is -1.21. The van der Waals surface area contributed by atoms with E-state index in [1.165, 1.54) is 4.90 Å². The molecule has 186 valence electrons. The van der Waals surface area contributed by atoms with Gasteiger partial charge in [0.15, 0.2) is 0 Å². The fourth-order valence-corrected chi connectivity index (χ4v) is 3.64. The monoisotopic (exact) mass is 600 g/mol. The van der Waals surface area contributed by atoms with Gasteiger partial charge in [0.1, 0.15) is 5.69 Å². The average molecular weight is 601 g/mol. The van der Waals surface area contributed by atoms with E-state index >= 15 is 0 Å². The molecule has 0 fully saturated rings. The summed E-state index contributed by atoms with van der Waals surface area (Å²) in [6.07, 6.45) is 0.796. The first-order valence-electron chi connectivity index (χ1n) is 8.75. The third-order valence-electron chi connectivity index (χ3n) is 3.70. The molecule has 0 bridgehead atoms. The Morgan fingerprint density at radius 3 is 2.32 bits per heavy atom. The number of anilines is 1. The zero-order valence-corrected chi connectivity index (χ0v) is 23.2. The fourth-order valence-electron chi connectivity index (χ4n) is 2.51. The number of nitrogens with one attached hydrogen (secondary N) is 1. The molecule has 0 aliphatic rings. The smallest absolute Gasteiger partial charge is 0.756 e. The minimum Gasteiger partial charge on any atom is -0.756 e. The predicted octanol–water partition coefficient (Wildman–Crippen LogP) is -3.11. The van der Waals surface area contributed by atoms with Crippen molar-refractivity contribution in [2.24, 2.45) is 0 Å². The Balaban J connectivity index is 0.0000109. The van der Waals surface area contributed by atoms with Crippen LogP contribution in [0.1, 0.15) is 10.4 Å². The summed E-state index contributed by atoms with van der Waals surface area (Å²) in [5.74, 6) is -1.05. The molecule has 34 heavy (non-hydrogen) atoms. The van der Waals surface area contributed by atoms with Crippen molar-refractivity contribution in [3.8, 4) is 0 Å². The van der Waals surface area contributed by atoms with Crippen molar-refractivity contribution >= 4 is 56.8 Å². The summed E-state index contributed by atoms with van der Waals surface area (Å²) in [7, 11) is -8.89. The number of amides is 1. The van der Waals surface area contributed by atoms with E-state index in [0.717, 1.165) is 12.3 Å². The SMILES string of the molecule is CS(=O)(=O)OCCN(CCBr)c1c(C(=O)NCCOP(=O)([O-])O)cc([N+](=O)[O-])cc1[N+](=O)[O-].[Na+]. The van der Waals surface area contributed by atoms with Crippen molar-refractivity contribution in [2.75, 3.05) is 49.3 Å². The molecule has 0 saturated carbocycles. The van der Waals surface area contributed by atoms with Gasteiger partial charge < -0.3 is 24.5 Å². The first kappa shape index (κ1) is 32.8. The Bertz CT molecular complexity index is 1050. The molecular weight excluding hydrogens is 582 g/mol. The number of rotatable bonds is 14. The topological polar surface area (TPSA) is 232 Å². The number of carbonyl (C=O) groups is 1. The molecule has 0 heterocycles. The summed E-state index contributed by atoms with van der Waals surface area (Å²) in [5, 5.41) is 25.3. The molecular formula is C14H19BrN4NaO12PS. The number of nitro benzene ring substituents is 2. The van der Waals surface area contributed by atoms with Gasteiger partial charge >= 0.3 is 29.6 Å². The Labute approximate surface area is 224 Å². The van der Waals surface area contributed by atoms with Gasteiger partial charge in [-0.1, -0.05) is 15.9 Å². The van der Waals surface area contributed by atoms with E-state index in [9.17, 15) is 42.9 Å². The Morgan fingerprint density at radius 2 is 1.85 bits per heavy atom. The van der Waals surface area contributed by atoms with Gasteiger partial charge in [0, 0.05) is 31.0 Å². The van der Waals surface area contributed by atoms with E-state index < -0.39 is 70.4 Å². The van der Waals surface area contributed by atoms with Crippen LogP contribution >= 0.6 is 23.8 Å². The molecule has 1 aromatic carbocycles. The predicted molar refractivity (Wildman–Crippen MR) is 115 cm³/mol. The van der Waals surface area contributed by atoms with Gasteiger partial charge in [0.25, 0.3) is 35.2 Å². The zero-order chi connectivity index (χ0) is 25.4. The number of phosphoric acid groups is 1. The quantitative estimate of drug-likeness (QED) is 0.0410. The van der Waals surface area contributed by atoms with Crippen LogP contribution in [0.5, 0.6) is 0 Å². The van der Waals surface area contributed by atoms with Crippen molar-refractivity contribution in [2.45, 2.75) is 0 Å². The third-order valence-corrected chi connectivity index (χ3v) is 5.16. The molecule has 0 aromatic heterocycles. The molecule has 0 spiro atoms. The number of hydrogen-bond acceptors (Lipinski definition) is 12. The Morgan fingerprint density at radius 1 is 1.24 bits per heavy atom. The number of nitro groups is 2. The van der Waals surface area contributed by atoms with Gasteiger partial charge in [-0.3, -0.25) is 33.8 Å². The molecule has 1 aromatic rings. The number of nitrogens with zero attached hydrogens (tertiary/aromatic N) is 3. The van der Waals surface area contributed by atoms with Gasteiger partial charge in [0.05, 0.1) is 40.9 Å². The molecule has 1 atom stereocenters. The summed E-state index contributed by atoms with van der Waals surface area (Å²) in [5.41, 5.74) is -2.43. The first-order chi connectivity index (χ1) is 15.2. The number of halogens is 1. The molecule has 1 unspecified atom stereocenters. The minimum absolute atomic E-state index is 0. The molecule has 20 heteroatoms. The van der Waals surface area contributed by atoms with Crippen LogP contribution in [0.3, 0.4) is 0 Å². The van der Waals surface area contributed by atoms with Crippen molar-refractivity contribution in [3.05, 3.63) is 37.9 Å². The van der Waals surface area contributed by atoms with E-state index in [-0.39, 0.29) is 53.7 Å². The third kappa shape index (κ3) is 11.5. The van der Waals surface area contributed by atoms with E-state index in [1.807, 2.05) is 0 Å². The second kappa shape index (κ2) is 14.4. The van der Waals surface area contributed by atoms with Crippen LogP contribution in [0.2, 0.25) is 0 Å². The number of non-ortho nitro benzene ring substituents is 1. The Kier molecular flexibility index (Phi) is 13.9. The second-order valence-electron chi connectivity index (χ2n) is 6.14. The van der Waals surface area contributed by atoms with Gasteiger partial charge in [-0.15, -0.1) is 0 Å². The van der Waals surface area contributed by atoms with Crippen LogP contribution < -0.4 is 44.7 Å². The summed E-state index contributed by atoms with van der Waals surface area (Å²) in [6.45, 7) is -1.83. The molecule has 1 rings (SSSR count). The largest absolute Gasteiger partial charge is 1.00 e. The van der Waals surface area contributed by atoms with Gasteiger partial charge in [0.2, 0.25) is 0 Å². The number of phosphoric ester groups is 1. The summed E-state index contributed by atoms with van der Waals surface area (Å²) in [6, 6.07) is 1.43. The first-order valence-corrected chi connectivity index (χ1v) is 13.2. The molecule has 2 N–H and O–H groups in total. The minimum atomic E-state index is -5.06. The van der Waals surface area contributed by atoms with Crippen LogP contribution in [0.25, 0.3) is 0 Å². The maximum atomic E-state index is 12.7. The average Bonchev–Trinajstić information content (AvgIpc) is 2.67.